The van der Waals surface area contributed by atoms with Crippen LogP contribution in [0.25, 0.3) is 15.5 Å². The van der Waals surface area contributed by atoms with Crippen molar-refractivity contribution in [3.63, 3.8) is 0 Å². The van der Waals surface area contributed by atoms with Crippen molar-refractivity contribution >= 4 is 22.3 Å². The van der Waals surface area contributed by atoms with Crippen molar-refractivity contribution in [2.24, 2.45) is 0 Å². The molecule has 0 N–H and O–H groups in total. The number of fused-ring (bicyclic) bond motifs is 1. The Morgan fingerprint density at radius 1 is 1.32 bits per heavy atom. The van der Waals surface area contributed by atoms with Crippen LogP contribution < -0.4 is 5.56 Å². The number of carbonyl (C=O) groups excluding carboxylic acids is 1. The number of ether oxygens (including phenoxy) is 1. The number of hydrogen-bond donors (Lipinski definition) is 0. The van der Waals surface area contributed by atoms with E-state index in [0.717, 1.165) is 17.2 Å². The van der Waals surface area contributed by atoms with Gasteiger partial charge in [0, 0.05) is 11.6 Å². The molecule has 112 valence electrons. The van der Waals surface area contributed by atoms with Gasteiger partial charge in [-0.25, -0.2) is 4.79 Å². The third-order valence-corrected chi connectivity index (χ3v) is 3.99. The minimum absolute atomic E-state index is 0.0893. The van der Waals surface area contributed by atoms with Crippen LogP contribution in [0, 0.1) is 6.92 Å². The molecule has 0 radical (unpaired) electrons. The van der Waals surface area contributed by atoms with Crippen molar-refractivity contribution in [2.75, 3.05) is 6.61 Å². The van der Waals surface area contributed by atoms with Crippen molar-refractivity contribution in [3.05, 3.63) is 51.9 Å². The van der Waals surface area contributed by atoms with E-state index in [1.165, 1.54) is 15.9 Å². The molecule has 7 heteroatoms. The lowest BCUT2D eigenvalue weighted by atomic mass is 10.2. The molecule has 0 atom stereocenters. The van der Waals surface area contributed by atoms with E-state index in [1.807, 2.05) is 31.2 Å². The Hall–Kier alpha value is -2.54. The van der Waals surface area contributed by atoms with E-state index in [0.29, 0.717) is 9.97 Å². The van der Waals surface area contributed by atoms with Gasteiger partial charge in [0.2, 0.25) is 4.96 Å². The van der Waals surface area contributed by atoms with Gasteiger partial charge in [0.15, 0.2) is 5.69 Å². The van der Waals surface area contributed by atoms with Gasteiger partial charge in [-0.3, -0.25) is 4.79 Å². The van der Waals surface area contributed by atoms with E-state index in [1.54, 1.807) is 6.92 Å². The zero-order chi connectivity index (χ0) is 15.7. The molecule has 0 amide bonds. The van der Waals surface area contributed by atoms with Crippen molar-refractivity contribution < 1.29 is 9.53 Å². The minimum Gasteiger partial charge on any atom is -0.461 e. The van der Waals surface area contributed by atoms with E-state index >= 15 is 0 Å². The Kier molecular flexibility index (Phi) is 3.72. The summed E-state index contributed by atoms with van der Waals surface area (Å²) in [5.41, 5.74) is 1.65. The zero-order valence-corrected chi connectivity index (χ0v) is 12.9. The van der Waals surface area contributed by atoms with Gasteiger partial charge in [0.25, 0.3) is 5.56 Å². The summed E-state index contributed by atoms with van der Waals surface area (Å²) in [6, 6.07) is 8.98. The van der Waals surface area contributed by atoms with Crippen molar-refractivity contribution in [1.82, 2.24) is 14.6 Å². The average molecular weight is 315 g/mol. The number of esters is 1. The molecule has 0 aliphatic carbocycles. The predicted molar refractivity (Wildman–Crippen MR) is 83.3 cm³/mol. The predicted octanol–water partition coefficient (Wildman–Crippen LogP) is 2.30. The molecular formula is C15H13N3O3S. The van der Waals surface area contributed by atoms with Gasteiger partial charge >= 0.3 is 5.97 Å². The van der Waals surface area contributed by atoms with E-state index in [2.05, 4.69) is 10.1 Å². The largest absolute Gasteiger partial charge is 0.461 e. The van der Waals surface area contributed by atoms with E-state index in [9.17, 15) is 9.59 Å². The molecule has 0 aliphatic heterocycles. The molecule has 1 aromatic carbocycles. The number of hydrogen-bond acceptors (Lipinski definition) is 6. The molecule has 0 saturated carbocycles. The van der Waals surface area contributed by atoms with Crippen LogP contribution in [-0.2, 0) is 4.74 Å². The van der Waals surface area contributed by atoms with Gasteiger partial charge < -0.3 is 4.74 Å². The van der Waals surface area contributed by atoms with E-state index in [4.69, 9.17) is 4.74 Å². The summed E-state index contributed by atoms with van der Waals surface area (Å²) < 4.78 is 6.32. The number of benzene rings is 1. The third kappa shape index (κ3) is 2.62. The van der Waals surface area contributed by atoms with Gasteiger partial charge in [-0.1, -0.05) is 41.2 Å². The van der Waals surface area contributed by atoms with Crippen LogP contribution in [-0.4, -0.2) is 27.2 Å². The lowest BCUT2D eigenvalue weighted by molar-refractivity contribution is 0.0516. The summed E-state index contributed by atoms with van der Waals surface area (Å²) in [6.07, 6.45) is 0. The average Bonchev–Trinajstić information content (AvgIpc) is 2.91. The SMILES string of the molecule is CCOC(=O)c1cc(=O)nc2sc(-c3ccc(C)cc3)nn12. The quantitative estimate of drug-likeness (QED) is 0.693. The van der Waals surface area contributed by atoms with Crippen molar-refractivity contribution in [2.45, 2.75) is 13.8 Å². The summed E-state index contributed by atoms with van der Waals surface area (Å²) in [4.78, 5) is 27.9. The van der Waals surface area contributed by atoms with Crippen LogP contribution >= 0.6 is 11.3 Å². The van der Waals surface area contributed by atoms with Crippen LogP contribution in [0.15, 0.2) is 35.1 Å². The Morgan fingerprint density at radius 2 is 2.05 bits per heavy atom. The lowest BCUT2D eigenvalue weighted by Gasteiger charge is -2.02. The third-order valence-electron chi connectivity index (χ3n) is 3.04. The summed E-state index contributed by atoms with van der Waals surface area (Å²) in [5.74, 6) is -0.585. The van der Waals surface area contributed by atoms with Crippen LogP contribution in [0.3, 0.4) is 0 Å². The summed E-state index contributed by atoms with van der Waals surface area (Å²) in [7, 11) is 0. The lowest BCUT2D eigenvalue weighted by Crippen LogP contribution is -2.17. The van der Waals surface area contributed by atoms with E-state index in [-0.39, 0.29) is 12.3 Å². The fourth-order valence-corrected chi connectivity index (χ4v) is 2.89. The van der Waals surface area contributed by atoms with Crippen molar-refractivity contribution in [3.8, 4) is 10.6 Å². The van der Waals surface area contributed by atoms with Gasteiger partial charge in [-0.2, -0.15) is 14.6 Å². The fraction of sp³-hybridized carbons (Fsp3) is 0.200. The Bertz CT molecular complexity index is 897. The summed E-state index contributed by atoms with van der Waals surface area (Å²) in [5, 5.41) is 5.07. The minimum atomic E-state index is -0.585. The second-order valence-corrected chi connectivity index (χ2v) is 5.62. The summed E-state index contributed by atoms with van der Waals surface area (Å²) >= 11 is 1.25. The molecule has 0 spiro atoms. The first-order valence-electron chi connectivity index (χ1n) is 6.73. The molecule has 0 fully saturated rings. The highest BCUT2D eigenvalue weighted by Crippen LogP contribution is 2.25. The van der Waals surface area contributed by atoms with E-state index < -0.39 is 11.5 Å². The second-order valence-electron chi connectivity index (χ2n) is 4.67. The highest BCUT2D eigenvalue weighted by atomic mass is 32.1. The highest BCUT2D eigenvalue weighted by Gasteiger charge is 2.17. The Morgan fingerprint density at radius 3 is 2.73 bits per heavy atom. The van der Waals surface area contributed by atoms with Gasteiger partial charge in [0.05, 0.1) is 6.61 Å². The number of rotatable bonds is 3. The van der Waals surface area contributed by atoms with Crippen LogP contribution in [0.1, 0.15) is 23.0 Å². The first kappa shape index (κ1) is 14.4. The molecule has 3 rings (SSSR count). The normalized spacial score (nSPS) is 10.8. The number of nitrogens with zero attached hydrogens (tertiary/aromatic N) is 3. The zero-order valence-electron chi connectivity index (χ0n) is 12.1. The van der Waals surface area contributed by atoms with Crippen LogP contribution in [0.2, 0.25) is 0 Å². The number of aromatic nitrogens is 3. The standard InChI is InChI=1S/C15H13N3O3S/c1-3-21-14(20)11-8-12(19)16-15-18(11)17-13(22-15)10-6-4-9(2)5-7-10/h4-8H,3H2,1-2H3. The highest BCUT2D eigenvalue weighted by molar-refractivity contribution is 7.19. The molecule has 6 nitrogen and oxygen atoms in total. The monoisotopic (exact) mass is 315 g/mol. The number of aryl methyl sites for hydroxylation is 1. The smallest absolute Gasteiger partial charge is 0.357 e. The molecule has 22 heavy (non-hydrogen) atoms. The molecule has 2 aromatic heterocycles. The van der Waals surface area contributed by atoms with Gasteiger partial charge in [-0.15, -0.1) is 0 Å². The van der Waals surface area contributed by atoms with Gasteiger partial charge in [-0.05, 0) is 13.8 Å². The molecule has 2 heterocycles. The topological polar surface area (TPSA) is 73.6 Å². The maximum Gasteiger partial charge on any atom is 0.357 e. The first-order valence-corrected chi connectivity index (χ1v) is 7.55. The molecular weight excluding hydrogens is 302 g/mol. The second kappa shape index (κ2) is 5.69. The number of carbonyl (C=O) groups is 1. The molecule has 0 unspecified atom stereocenters. The van der Waals surface area contributed by atoms with Gasteiger partial charge in [0.1, 0.15) is 5.01 Å². The maximum atomic E-state index is 12.0. The molecule has 3 aromatic rings. The summed E-state index contributed by atoms with van der Waals surface area (Å²) in [6.45, 7) is 3.94. The fourth-order valence-electron chi connectivity index (χ4n) is 1.98. The molecule has 0 saturated heterocycles. The Labute approximate surface area is 130 Å². The molecule has 0 bridgehead atoms. The first-order chi connectivity index (χ1) is 10.6. The Balaban J connectivity index is 2.16. The van der Waals surface area contributed by atoms with Crippen LogP contribution in [0.4, 0.5) is 0 Å². The maximum absolute atomic E-state index is 12.0. The van der Waals surface area contributed by atoms with Crippen molar-refractivity contribution in [1.29, 1.82) is 0 Å². The molecule has 0 aliphatic rings. The van der Waals surface area contributed by atoms with Crippen LogP contribution in [0.5, 0.6) is 0 Å².